The predicted molar refractivity (Wildman–Crippen MR) is 69.4 cm³/mol. The quantitative estimate of drug-likeness (QED) is 0.795. The molecule has 1 N–H and O–H groups in total. The number of carbonyl (C=O) groups is 1. The van der Waals surface area contributed by atoms with E-state index in [2.05, 4.69) is 23.3 Å². The Balaban J connectivity index is 2.26. The van der Waals surface area contributed by atoms with Crippen LogP contribution in [0, 0.1) is 0 Å². The first-order valence-electron chi connectivity index (χ1n) is 6.23. The fourth-order valence-corrected chi connectivity index (χ4v) is 2.35. The Morgan fingerprint density at radius 1 is 1.24 bits per heavy atom. The summed E-state index contributed by atoms with van der Waals surface area (Å²) in [6.45, 7) is 2.24. The maximum atomic E-state index is 11.6. The first kappa shape index (κ1) is 12.1. The van der Waals surface area contributed by atoms with Crippen molar-refractivity contribution in [2.24, 2.45) is 0 Å². The molecular weight excluding hydrogens is 212 g/mol. The molecule has 92 valence electrons. The Morgan fingerprint density at radius 2 is 2.06 bits per heavy atom. The van der Waals surface area contributed by atoms with Gasteiger partial charge in [-0.05, 0) is 56.1 Å². The lowest BCUT2D eigenvalue weighted by atomic mass is 9.96. The van der Waals surface area contributed by atoms with Crippen molar-refractivity contribution in [2.75, 3.05) is 27.2 Å². The van der Waals surface area contributed by atoms with Crippen LogP contribution < -0.4 is 5.32 Å². The molecule has 1 heterocycles. The molecule has 0 bridgehead atoms. The molecule has 0 fully saturated rings. The van der Waals surface area contributed by atoms with Gasteiger partial charge >= 0.3 is 0 Å². The Kier molecular flexibility index (Phi) is 3.79. The first-order chi connectivity index (χ1) is 8.20. The van der Waals surface area contributed by atoms with Crippen molar-refractivity contribution in [3.63, 3.8) is 0 Å². The molecule has 1 aliphatic heterocycles. The largest absolute Gasteiger partial charge is 0.355 e. The van der Waals surface area contributed by atoms with E-state index in [-0.39, 0.29) is 5.91 Å². The van der Waals surface area contributed by atoms with Crippen LogP contribution in [0.25, 0.3) is 0 Å². The van der Waals surface area contributed by atoms with Gasteiger partial charge in [-0.2, -0.15) is 0 Å². The number of fused-ring (bicyclic) bond motifs is 1. The number of hydrogen-bond acceptors (Lipinski definition) is 2. The van der Waals surface area contributed by atoms with E-state index >= 15 is 0 Å². The van der Waals surface area contributed by atoms with Gasteiger partial charge in [-0.15, -0.1) is 0 Å². The van der Waals surface area contributed by atoms with Crippen molar-refractivity contribution in [1.82, 2.24) is 10.2 Å². The van der Waals surface area contributed by atoms with E-state index in [1.54, 1.807) is 7.05 Å². The molecule has 0 atom stereocenters. The van der Waals surface area contributed by atoms with E-state index in [0.717, 1.165) is 31.5 Å². The van der Waals surface area contributed by atoms with E-state index in [1.165, 1.54) is 17.5 Å². The summed E-state index contributed by atoms with van der Waals surface area (Å²) in [5, 5.41) is 2.68. The van der Waals surface area contributed by atoms with Crippen molar-refractivity contribution in [3.8, 4) is 0 Å². The molecular formula is C14H20N2O. The third-order valence-corrected chi connectivity index (χ3v) is 3.44. The molecule has 0 spiro atoms. The van der Waals surface area contributed by atoms with Crippen molar-refractivity contribution < 1.29 is 4.79 Å². The molecule has 1 amide bonds. The number of amides is 1. The topological polar surface area (TPSA) is 32.3 Å². The molecule has 3 heteroatoms. The highest BCUT2D eigenvalue weighted by atomic mass is 16.1. The summed E-state index contributed by atoms with van der Waals surface area (Å²) in [6, 6.07) is 6.10. The summed E-state index contributed by atoms with van der Waals surface area (Å²) in [5.41, 5.74) is 3.51. The molecule has 1 aliphatic rings. The second kappa shape index (κ2) is 5.32. The van der Waals surface area contributed by atoms with Crippen LogP contribution in [-0.4, -0.2) is 38.0 Å². The van der Waals surface area contributed by atoms with Gasteiger partial charge in [-0.1, -0.05) is 6.07 Å². The Bertz CT molecular complexity index is 415. The van der Waals surface area contributed by atoms with Crippen molar-refractivity contribution in [2.45, 2.75) is 19.3 Å². The van der Waals surface area contributed by atoms with Crippen LogP contribution in [0.1, 0.15) is 27.9 Å². The Labute approximate surface area is 103 Å². The highest BCUT2D eigenvalue weighted by Crippen LogP contribution is 2.17. The van der Waals surface area contributed by atoms with E-state index in [1.807, 2.05) is 12.1 Å². The summed E-state index contributed by atoms with van der Waals surface area (Å²) in [6.07, 6.45) is 3.35. The third kappa shape index (κ3) is 2.86. The molecule has 0 aromatic heterocycles. The van der Waals surface area contributed by atoms with Gasteiger partial charge in [0.05, 0.1) is 0 Å². The zero-order valence-corrected chi connectivity index (χ0v) is 10.6. The van der Waals surface area contributed by atoms with Crippen molar-refractivity contribution in [1.29, 1.82) is 0 Å². The van der Waals surface area contributed by atoms with Crippen molar-refractivity contribution in [3.05, 3.63) is 34.9 Å². The molecule has 0 radical (unpaired) electrons. The fraction of sp³-hybridized carbons (Fsp3) is 0.500. The Hall–Kier alpha value is -1.35. The summed E-state index contributed by atoms with van der Waals surface area (Å²) < 4.78 is 0. The number of nitrogens with zero attached hydrogens (tertiary/aromatic N) is 1. The zero-order valence-electron chi connectivity index (χ0n) is 10.6. The van der Waals surface area contributed by atoms with E-state index in [0.29, 0.717) is 0 Å². The smallest absolute Gasteiger partial charge is 0.251 e. The van der Waals surface area contributed by atoms with Gasteiger partial charge in [0.15, 0.2) is 0 Å². The summed E-state index contributed by atoms with van der Waals surface area (Å²) in [5.74, 6) is 0.00298. The van der Waals surface area contributed by atoms with Gasteiger partial charge in [0.2, 0.25) is 0 Å². The number of carbonyl (C=O) groups excluding carboxylic acids is 1. The highest BCUT2D eigenvalue weighted by molar-refractivity contribution is 5.94. The Morgan fingerprint density at radius 3 is 2.82 bits per heavy atom. The van der Waals surface area contributed by atoms with Gasteiger partial charge < -0.3 is 10.2 Å². The standard InChI is InChI=1S/C14H20N2O/c1-15-14(17)13-6-5-11-4-3-8-16(2)9-7-12(11)10-13/h5-6,10H,3-4,7-9H2,1-2H3,(H,15,17). The molecule has 17 heavy (non-hydrogen) atoms. The van der Waals surface area contributed by atoms with E-state index in [9.17, 15) is 4.79 Å². The van der Waals surface area contributed by atoms with Gasteiger partial charge in [0.25, 0.3) is 5.91 Å². The lowest BCUT2D eigenvalue weighted by Gasteiger charge is -2.21. The van der Waals surface area contributed by atoms with Crippen LogP contribution >= 0.6 is 0 Å². The zero-order chi connectivity index (χ0) is 12.3. The number of likely N-dealkylation sites (N-methyl/N-ethyl adjacent to an activating group) is 1. The van der Waals surface area contributed by atoms with Gasteiger partial charge in [0, 0.05) is 19.2 Å². The lowest BCUT2D eigenvalue weighted by Crippen LogP contribution is -2.25. The molecule has 3 nitrogen and oxygen atoms in total. The van der Waals surface area contributed by atoms with E-state index in [4.69, 9.17) is 0 Å². The van der Waals surface area contributed by atoms with Gasteiger partial charge in [-0.25, -0.2) is 0 Å². The molecule has 2 rings (SSSR count). The maximum absolute atomic E-state index is 11.6. The minimum absolute atomic E-state index is 0.00298. The molecule has 1 aromatic rings. The molecule has 0 saturated carbocycles. The maximum Gasteiger partial charge on any atom is 0.251 e. The molecule has 0 aliphatic carbocycles. The number of rotatable bonds is 1. The van der Waals surface area contributed by atoms with Gasteiger partial charge in [-0.3, -0.25) is 4.79 Å². The van der Waals surface area contributed by atoms with Crippen LogP contribution in [0.3, 0.4) is 0 Å². The molecule has 1 aromatic carbocycles. The normalized spacial score (nSPS) is 16.8. The second-order valence-corrected chi connectivity index (χ2v) is 4.72. The lowest BCUT2D eigenvalue weighted by molar-refractivity contribution is 0.0963. The predicted octanol–water partition coefficient (Wildman–Crippen LogP) is 1.47. The third-order valence-electron chi connectivity index (χ3n) is 3.44. The van der Waals surface area contributed by atoms with Crippen LogP contribution in [0.4, 0.5) is 0 Å². The minimum Gasteiger partial charge on any atom is -0.355 e. The monoisotopic (exact) mass is 232 g/mol. The van der Waals surface area contributed by atoms with Crippen LogP contribution in [0.15, 0.2) is 18.2 Å². The van der Waals surface area contributed by atoms with Crippen LogP contribution in [0.2, 0.25) is 0 Å². The second-order valence-electron chi connectivity index (χ2n) is 4.72. The fourth-order valence-electron chi connectivity index (χ4n) is 2.35. The number of nitrogens with one attached hydrogen (secondary N) is 1. The SMILES string of the molecule is CNC(=O)c1ccc2c(c1)CCN(C)CCC2. The number of benzene rings is 1. The number of hydrogen-bond donors (Lipinski definition) is 1. The highest BCUT2D eigenvalue weighted by Gasteiger charge is 2.12. The average molecular weight is 232 g/mol. The summed E-state index contributed by atoms with van der Waals surface area (Å²) in [4.78, 5) is 14.0. The van der Waals surface area contributed by atoms with Crippen molar-refractivity contribution >= 4 is 5.91 Å². The molecule has 0 unspecified atom stereocenters. The minimum atomic E-state index is 0.00298. The van der Waals surface area contributed by atoms with Gasteiger partial charge in [0.1, 0.15) is 0 Å². The average Bonchev–Trinajstić information content (AvgIpc) is 2.33. The molecule has 0 saturated heterocycles. The summed E-state index contributed by atoms with van der Waals surface area (Å²) >= 11 is 0. The summed E-state index contributed by atoms with van der Waals surface area (Å²) in [7, 11) is 3.83. The first-order valence-corrected chi connectivity index (χ1v) is 6.23. The van der Waals surface area contributed by atoms with E-state index < -0.39 is 0 Å². The van der Waals surface area contributed by atoms with Crippen LogP contribution in [-0.2, 0) is 12.8 Å². The van der Waals surface area contributed by atoms with Crippen LogP contribution in [0.5, 0.6) is 0 Å². The number of aryl methyl sites for hydroxylation is 1.